The number of aliphatic hydroxyl groups is 1. The minimum absolute atomic E-state index is 0.0165. The predicted molar refractivity (Wildman–Crippen MR) is 80.3 cm³/mol. The van der Waals surface area contributed by atoms with E-state index in [9.17, 15) is 9.90 Å². The Morgan fingerprint density at radius 2 is 2.24 bits per heavy atom. The molecule has 3 rings (SSSR count). The zero-order valence-electron chi connectivity index (χ0n) is 11.9. The number of hydrogen-bond donors (Lipinski definition) is 3. The molecule has 0 atom stereocenters. The number of carbonyl (C=O) groups excluding carboxylic acids is 1. The third-order valence-electron chi connectivity index (χ3n) is 3.92. The van der Waals surface area contributed by atoms with E-state index in [0.29, 0.717) is 19.8 Å². The Kier molecular flexibility index (Phi) is 3.57. The first-order chi connectivity index (χ1) is 10.1. The van der Waals surface area contributed by atoms with Gasteiger partial charge in [0.2, 0.25) is 0 Å². The van der Waals surface area contributed by atoms with Gasteiger partial charge >= 0.3 is 6.03 Å². The summed E-state index contributed by atoms with van der Waals surface area (Å²) in [5.41, 5.74) is 1.48. The van der Waals surface area contributed by atoms with Gasteiger partial charge in [0.15, 0.2) is 0 Å². The topological polar surface area (TPSA) is 75.5 Å². The number of carbonyl (C=O) groups is 1. The molecule has 112 valence electrons. The number of nitrogens with one attached hydrogen (secondary N) is 2. The molecular formula is C15H19N3O3. The number of hydrogen-bond acceptors (Lipinski definition) is 3. The highest BCUT2D eigenvalue weighted by Gasteiger charge is 2.38. The Balaban J connectivity index is 1.61. The highest BCUT2D eigenvalue weighted by atomic mass is 16.5. The predicted octanol–water partition coefficient (Wildman–Crippen LogP) is 1.31. The van der Waals surface area contributed by atoms with Gasteiger partial charge in [0.05, 0.1) is 25.2 Å². The number of fused-ring (bicyclic) bond motifs is 1. The van der Waals surface area contributed by atoms with E-state index in [1.807, 2.05) is 42.1 Å². The lowest BCUT2D eigenvalue weighted by Gasteiger charge is -2.39. The van der Waals surface area contributed by atoms with Crippen LogP contribution < -0.4 is 10.6 Å². The van der Waals surface area contributed by atoms with Crippen LogP contribution in [0.4, 0.5) is 10.5 Å². The third kappa shape index (κ3) is 2.72. The van der Waals surface area contributed by atoms with E-state index in [4.69, 9.17) is 4.74 Å². The minimum atomic E-state index is -0.320. The Bertz CT molecular complexity index is 656. The first-order valence-corrected chi connectivity index (χ1v) is 6.90. The SMILES string of the molecule is Cn1ccc2ccc(NC(=O)NCC3(CO)COC3)cc21. The standard InChI is InChI=1S/C15H19N3O3/c1-18-5-4-11-2-3-12(6-13(11)18)17-14(20)16-7-15(8-19)9-21-10-15/h2-6,19H,7-10H2,1H3,(H2,16,17,20). The van der Waals surface area contributed by atoms with Crippen molar-refractivity contribution < 1.29 is 14.6 Å². The summed E-state index contributed by atoms with van der Waals surface area (Å²) in [7, 11) is 1.97. The van der Waals surface area contributed by atoms with Crippen molar-refractivity contribution in [2.75, 3.05) is 31.7 Å². The molecule has 1 fully saturated rings. The van der Waals surface area contributed by atoms with Crippen molar-refractivity contribution in [1.29, 1.82) is 0 Å². The van der Waals surface area contributed by atoms with Crippen LogP contribution in [0, 0.1) is 5.41 Å². The molecule has 0 radical (unpaired) electrons. The number of urea groups is 1. The van der Waals surface area contributed by atoms with Gasteiger partial charge in [0.25, 0.3) is 0 Å². The summed E-state index contributed by atoms with van der Waals surface area (Å²) in [6.45, 7) is 1.39. The molecule has 1 aromatic carbocycles. The normalized spacial score (nSPS) is 16.5. The maximum Gasteiger partial charge on any atom is 0.319 e. The first kappa shape index (κ1) is 13.9. The van der Waals surface area contributed by atoms with Crippen LogP contribution in [0.5, 0.6) is 0 Å². The Morgan fingerprint density at radius 3 is 2.90 bits per heavy atom. The fraction of sp³-hybridized carbons (Fsp3) is 0.400. The summed E-state index contributed by atoms with van der Waals surface area (Å²) in [5.74, 6) is 0. The van der Waals surface area contributed by atoms with Crippen molar-refractivity contribution in [3.63, 3.8) is 0 Å². The minimum Gasteiger partial charge on any atom is -0.396 e. The van der Waals surface area contributed by atoms with Gasteiger partial charge in [-0.1, -0.05) is 6.07 Å². The molecule has 2 heterocycles. The summed E-state index contributed by atoms with van der Waals surface area (Å²) in [6.07, 6.45) is 1.98. The molecule has 21 heavy (non-hydrogen) atoms. The molecule has 1 aliphatic rings. The van der Waals surface area contributed by atoms with E-state index < -0.39 is 0 Å². The average molecular weight is 289 g/mol. The number of ether oxygens (including phenoxy) is 1. The van der Waals surface area contributed by atoms with Crippen LogP contribution in [-0.4, -0.2) is 42.1 Å². The van der Waals surface area contributed by atoms with Gasteiger partial charge in [-0.05, 0) is 23.6 Å². The maximum absolute atomic E-state index is 11.9. The number of amides is 2. The lowest BCUT2D eigenvalue weighted by molar-refractivity contribution is -0.132. The van der Waals surface area contributed by atoms with E-state index in [-0.39, 0.29) is 18.1 Å². The lowest BCUT2D eigenvalue weighted by atomic mass is 9.87. The quantitative estimate of drug-likeness (QED) is 0.794. The molecule has 2 aromatic rings. The van der Waals surface area contributed by atoms with Crippen molar-refractivity contribution in [1.82, 2.24) is 9.88 Å². The zero-order chi connectivity index (χ0) is 14.9. The van der Waals surface area contributed by atoms with Crippen molar-refractivity contribution in [3.8, 4) is 0 Å². The summed E-state index contributed by atoms with van der Waals surface area (Å²) >= 11 is 0. The smallest absolute Gasteiger partial charge is 0.319 e. The Labute approximate surface area is 122 Å². The van der Waals surface area contributed by atoms with Crippen molar-refractivity contribution in [2.45, 2.75) is 0 Å². The van der Waals surface area contributed by atoms with Crippen LogP contribution in [-0.2, 0) is 11.8 Å². The van der Waals surface area contributed by atoms with E-state index in [2.05, 4.69) is 10.6 Å². The highest BCUT2D eigenvalue weighted by Crippen LogP contribution is 2.25. The van der Waals surface area contributed by atoms with Crippen LogP contribution >= 0.6 is 0 Å². The molecule has 1 saturated heterocycles. The monoisotopic (exact) mass is 289 g/mol. The number of nitrogens with zero attached hydrogens (tertiary/aromatic N) is 1. The van der Waals surface area contributed by atoms with Gasteiger partial charge in [0, 0.05) is 31.0 Å². The first-order valence-electron chi connectivity index (χ1n) is 6.90. The summed E-state index contributed by atoms with van der Waals surface area (Å²) in [4.78, 5) is 11.9. The van der Waals surface area contributed by atoms with Crippen LogP contribution in [0.2, 0.25) is 0 Å². The van der Waals surface area contributed by atoms with Gasteiger partial charge in [-0.2, -0.15) is 0 Å². The van der Waals surface area contributed by atoms with Crippen molar-refractivity contribution >= 4 is 22.6 Å². The molecule has 0 saturated carbocycles. The molecule has 0 bridgehead atoms. The van der Waals surface area contributed by atoms with Crippen LogP contribution in [0.25, 0.3) is 10.9 Å². The highest BCUT2D eigenvalue weighted by molar-refractivity contribution is 5.92. The van der Waals surface area contributed by atoms with Crippen molar-refractivity contribution in [2.24, 2.45) is 12.5 Å². The number of anilines is 1. The largest absolute Gasteiger partial charge is 0.396 e. The zero-order valence-corrected chi connectivity index (χ0v) is 11.9. The van der Waals surface area contributed by atoms with Gasteiger partial charge in [0.1, 0.15) is 0 Å². The molecule has 2 amide bonds. The molecule has 1 aliphatic heterocycles. The summed E-state index contributed by atoms with van der Waals surface area (Å²) in [6, 6.07) is 7.53. The average Bonchev–Trinajstić information content (AvgIpc) is 2.80. The Hall–Kier alpha value is -2.05. The molecule has 3 N–H and O–H groups in total. The van der Waals surface area contributed by atoms with Gasteiger partial charge in [-0.15, -0.1) is 0 Å². The maximum atomic E-state index is 11.9. The fourth-order valence-corrected chi connectivity index (χ4v) is 2.42. The van der Waals surface area contributed by atoms with Gasteiger partial charge in [-0.3, -0.25) is 0 Å². The van der Waals surface area contributed by atoms with Gasteiger partial charge in [-0.25, -0.2) is 4.79 Å². The molecule has 0 unspecified atom stereocenters. The lowest BCUT2D eigenvalue weighted by Crippen LogP contribution is -2.53. The third-order valence-corrected chi connectivity index (χ3v) is 3.92. The van der Waals surface area contributed by atoms with Gasteiger partial charge < -0.3 is 25.0 Å². The number of aromatic nitrogens is 1. The van der Waals surface area contributed by atoms with E-state index in [1.54, 1.807) is 0 Å². The summed E-state index contributed by atoms with van der Waals surface area (Å²) < 4.78 is 7.10. The van der Waals surface area contributed by atoms with E-state index >= 15 is 0 Å². The Morgan fingerprint density at radius 1 is 1.43 bits per heavy atom. The van der Waals surface area contributed by atoms with Crippen LogP contribution in [0.1, 0.15) is 0 Å². The molecule has 1 aromatic heterocycles. The molecular weight excluding hydrogens is 270 g/mol. The second-order valence-corrected chi connectivity index (χ2v) is 5.66. The van der Waals surface area contributed by atoms with Crippen LogP contribution in [0.3, 0.4) is 0 Å². The van der Waals surface area contributed by atoms with Crippen LogP contribution in [0.15, 0.2) is 30.5 Å². The fourth-order valence-electron chi connectivity index (χ4n) is 2.42. The van der Waals surface area contributed by atoms with Crippen molar-refractivity contribution in [3.05, 3.63) is 30.5 Å². The summed E-state index contributed by atoms with van der Waals surface area (Å²) in [5, 5.41) is 16.0. The number of rotatable bonds is 4. The molecule has 6 nitrogen and oxygen atoms in total. The van der Waals surface area contributed by atoms with E-state index in [1.165, 1.54) is 0 Å². The molecule has 0 spiro atoms. The number of aliphatic hydroxyl groups excluding tert-OH is 1. The second kappa shape index (κ2) is 5.38. The number of benzene rings is 1. The number of aryl methyl sites for hydroxylation is 1. The van der Waals surface area contributed by atoms with E-state index in [0.717, 1.165) is 16.6 Å². The molecule has 6 heteroatoms. The second-order valence-electron chi connectivity index (χ2n) is 5.66. The molecule has 0 aliphatic carbocycles.